The molecule has 1 amide bonds. The largest absolute Gasteiger partial charge is 0.370 e. The number of imidazole rings is 1. The lowest BCUT2D eigenvalue weighted by Gasteiger charge is -2.03. The first kappa shape index (κ1) is 13.1. The van der Waals surface area contributed by atoms with Gasteiger partial charge in [-0.1, -0.05) is 0 Å². The fraction of sp³-hybridized carbons (Fsp3) is 0.455. The topological polar surface area (TPSA) is 105 Å². The molecule has 0 spiro atoms. The molecule has 0 aromatic carbocycles. The van der Waals surface area contributed by atoms with Crippen molar-refractivity contribution in [3.63, 3.8) is 0 Å². The molecule has 0 bridgehead atoms. The van der Waals surface area contributed by atoms with Crippen molar-refractivity contribution in [1.29, 1.82) is 0 Å². The number of primary amides is 1. The molecular formula is C11H15N5O3. The molecule has 0 saturated carbocycles. The van der Waals surface area contributed by atoms with Crippen LogP contribution < -0.4 is 17.0 Å². The van der Waals surface area contributed by atoms with E-state index in [9.17, 15) is 14.4 Å². The van der Waals surface area contributed by atoms with Crippen molar-refractivity contribution in [3.8, 4) is 0 Å². The van der Waals surface area contributed by atoms with Crippen LogP contribution in [0, 0.1) is 0 Å². The normalized spacial score (nSPS) is 11.1. The first-order valence-corrected chi connectivity index (χ1v) is 5.74. The third kappa shape index (κ3) is 1.94. The summed E-state index contributed by atoms with van der Waals surface area (Å²) in [6.45, 7) is 0. The first-order valence-electron chi connectivity index (χ1n) is 5.74. The Morgan fingerprint density at radius 3 is 2.37 bits per heavy atom. The van der Waals surface area contributed by atoms with Gasteiger partial charge in [-0.2, -0.15) is 0 Å². The van der Waals surface area contributed by atoms with E-state index in [1.807, 2.05) is 0 Å². The van der Waals surface area contributed by atoms with Crippen LogP contribution in [0.25, 0.3) is 11.2 Å². The molecule has 0 aliphatic carbocycles. The Bertz CT molecular complexity index is 780. The van der Waals surface area contributed by atoms with Crippen LogP contribution in [0.4, 0.5) is 0 Å². The zero-order valence-corrected chi connectivity index (χ0v) is 11.0. The lowest BCUT2D eigenvalue weighted by atomic mass is 10.3. The molecule has 2 heterocycles. The van der Waals surface area contributed by atoms with Gasteiger partial charge >= 0.3 is 5.69 Å². The number of amides is 1. The maximum Gasteiger partial charge on any atom is 0.332 e. The molecule has 0 radical (unpaired) electrons. The highest BCUT2D eigenvalue weighted by molar-refractivity contribution is 5.74. The van der Waals surface area contributed by atoms with Crippen molar-refractivity contribution in [2.24, 2.45) is 26.9 Å². The maximum atomic E-state index is 12.1. The van der Waals surface area contributed by atoms with Crippen LogP contribution in [-0.2, 0) is 32.4 Å². The summed E-state index contributed by atoms with van der Waals surface area (Å²) in [5, 5.41) is 0. The number of carbonyl (C=O) groups excluding carboxylic acids is 1. The third-order valence-corrected chi connectivity index (χ3v) is 3.16. The van der Waals surface area contributed by atoms with Crippen molar-refractivity contribution < 1.29 is 4.79 Å². The number of hydrogen-bond donors (Lipinski definition) is 1. The molecule has 102 valence electrons. The van der Waals surface area contributed by atoms with Crippen molar-refractivity contribution >= 4 is 17.1 Å². The van der Waals surface area contributed by atoms with Gasteiger partial charge in [0.15, 0.2) is 11.2 Å². The highest BCUT2D eigenvalue weighted by Crippen LogP contribution is 2.10. The standard InChI is InChI=1S/C11H15N5O3/c1-14-7(5-4-6(12)17)13-9-8(14)10(18)16(3)11(19)15(9)2/h4-5H2,1-3H3,(H2,12,17). The molecule has 0 aliphatic heterocycles. The summed E-state index contributed by atoms with van der Waals surface area (Å²) in [5.74, 6) is 0.112. The van der Waals surface area contributed by atoms with Gasteiger partial charge in [0.25, 0.3) is 5.56 Å². The Morgan fingerprint density at radius 1 is 1.16 bits per heavy atom. The minimum atomic E-state index is -0.436. The zero-order chi connectivity index (χ0) is 14.3. The number of nitrogens with two attached hydrogens (primary N) is 1. The molecule has 2 aromatic heterocycles. The van der Waals surface area contributed by atoms with Crippen LogP contribution in [0.3, 0.4) is 0 Å². The molecule has 0 fully saturated rings. The second-order valence-electron chi connectivity index (χ2n) is 4.43. The smallest absolute Gasteiger partial charge is 0.332 e. The van der Waals surface area contributed by atoms with Gasteiger partial charge in [0, 0.05) is 34.0 Å². The molecule has 2 N–H and O–H groups in total. The summed E-state index contributed by atoms with van der Waals surface area (Å²) < 4.78 is 3.94. The Hall–Kier alpha value is -2.38. The van der Waals surface area contributed by atoms with Crippen LogP contribution in [0.5, 0.6) is 0 Å². The maximum absolute atomic E-state index is 12.1. The molecule has 0 unspecified atom stereocenters. The molecule has 2 rings (SSSR count). The molecule has 19 heavy (non-hydrogen) atoms. The molecule has 0 aliphatic rings. The highest BCUT2D eigenvalue weighted by atomic mass is 16.2. The monoisotopic (exact) mass is 265 g/mol. The summed E-state index contributed by atoms with van der Waals surface area (Å²) in [5.41, 5.74) is 4.91. The van der Waals surface area contributed by atoms with Crippen LogP contribution in [-0.4, -0.2) is 24.6 Å². The van der Waals surface area contributed by atoms with Gasteiger partial charge in [-0.25, -0.2) is 9.78 Å². The molecule has 8 heteroatoms. The van der Waals surface area contributed by atoms with Crippen LogP contribution >= 0.6 is 0 Å². The van der Waals surface area contributed by atoms with E-state index >= 15 is 0 Å². The summed E-state index contributed by atoms with van der Waals surface area (Å²) >= 11 is 0. The molecule has 0 atom stereocenters. The number of carbonyl (C=O) groups is 1. The van der Waals surface area contributed by atoms with Gasteiger partial charge < -0.3 is 10.3 Å². The quantitative estimate of drug-likeness (QED) is 0.720. The zero-order valence-electron chi connectivity index (χ0n) is 11.0. The van der Waals surface area contributed by atoms with Crippen LogP contribution in [0.15, 0.2) is 9.59 Å². The van der Waals surface area contributed by atoms with E-state index in [0.717, 1.165) is 4.57 Å². The first-order chi connectivity index (χ1) is 8.84. The van der Waals surface area contributed by atoms with Gasteiger partial charge in [-0.05, 0) is 0 Å². The van der Waals surface area contributed by atoms with Gasteiger partial charge in [0.1, 0.15) is 5.82 Å². The number of fused-ring (bicyclic) bond motifs is 1. The lowest BCUT2D eigenvalue weighted by molar-refractivity contribution is -0.118. The summed E-state index contributed by atoms with van der Waals surface area (Å²) in [6, 6.07) is 0. The molecule has 8 nitrogen and oxygen atoms in total. The highest BCUT2D eigenvalue weighted by Gasteiger charge is 2.16. The van der Waals surface area contributed by atoms with Gasteiger partial charge in [0.2, 0.25) is 5.91 Å². The predicted molar refractivity (Wildman–Crippen MR) is 68.7 cm³/mol. The number of rotatable bonds is 3. The number of nitrogens with zero attached hydrogens (tertiary/aromatic N) is 4. The fourth-order valence-corrected chi connectivity index (χ4v) is 2.02. The van der Waals surface area contributed by atoms with Crippen LogP contribution in [0.1, 0.15) is 12.2 Å². The van der Waals surface area contributed by atoms with Crippen molar-refractivity contribution in [2.75, 3.05) is 0 Å². The van der Waals surface area contributed by atoms with E-state index in [2.05, 4.69) is 4.98 Å². The minimum absolute atomic E-state index is 0.144. The van der Waals surface area contributed by atoms with Crippen LogP contribution in [0.2, 0.25) is 0 Å². The third-order valence-electron chi connectivity index (χ3n) is 3.16. The van der Waals surface area contributed by atoms with Crippen molar-refractivity contribution in [2.45, 2.75) is 12.8 Å². The Balaban J connectivity index is 2.74. The Kier molecular flexibility index (Phi) is 3.01. The van der Waals surface area contributed by atoms with Gasteiger partial charge in [-0.15, -0.1) is 0 Å². The summed E-state index contributed by atoms with van der Waals surface area (Å²) in [4.78, 5) is 38.9. The summed E-state index contributed by atoms with van der Waals surface area (Å²) in [6.07, 6.45) is 0.475. The van der Waals surface area contributed by atoms with E-state index in [4.69, 9.17) is 5.73 Å². The Labute approximate surface area is 108 Å². The average Bonchev–Trinajstić information content (AvgIpc) is 2.69. The summed E-state index contributed by atoms with van der Waals surface area (Å²) in [7, 11) is 4.65. The SMILES string of the molecule is Cn1c(=O)c2c(nc(CCC(N)=O)n2C)n(C)c1=O. The van der Waals surface area contributed by atoms with E-state index in [0.29, 0.717) is 23.4 Å². The number of aryl methyl sites for hydroxylation is 3. The molecular weight excluding hydrogens is 250 g/mol. The van der Waals surface area contributed by atoms with E-state index in [1.165, 1.54) is 11.6 Å². The average molecular weight is 265 g/mol. The molecule has 0 saturated heterocycles. The fourth-order valence-electron chi connectivity index (χ4n) is 2.02. The van der Waals surface area contributed by atoms with E-state index in [1.54, 1.807) is 18.7 Å². The van der Waals surface area contributed by atoms with E-state index in [-0.39, 0.29) is 6.42 Å². The Morgan fingerprint density at radius 2 is 1.79 bits per heavy atom. The number of hydrogen-bond acceptors (Lipinski definition) is 4. The predicted octanol–water partition coefficient (Wildman–Crippen LogP) is -1.61. The van der Waals surface area contributed by atoms with Gasteiger partial charge in [-0.3, -0.25) is 18.7 Å². The molecule has 2 aromatic rings. The van der Waals surface area contributed by atoms with Gasteiger partial charge in [0.05, 0.1) is 0 Å². The second kappa shape index (κ2) is 4.38. The van der Waals surface area contributed by atoms with E-state index < -0.39 is 17.2 Å². The number of aromatic nitrogens is 4. The van der Waals surface area contributed by atoms with Crippen molar-refractivity contribution in [1.82, 2.24) is 18.7 Å². The lowest BCUT2D eigenvalue weighted by Crippen LogP contribution is -2.37. The second-order valence-corrected chi connectivity index (χ2v) is 4.43. The van der Waals surface area contributed by atoms with Crippen molar-refractivity contribution in [3.05, 3.63) is 26.7 Å². The minimum Gasteiger partial charge on any atom is -0.370 e.